The summed E-state index contributed by atoms with van der Waals surface area (Å²) in [6.45, 7) is 2.72. The quantitative estimate of drug-likeness (QED) is 0.808. The van der Waals surface area contributed by atoms with Gasteiger partial charge in [-0.1, -0.05) is 0 Å². The third kappa shape index (κ3) is 4.80. The molecule has 0 radical (unpaired) electrons. The van der Waals surface area contributed by atoms with Crippen LogP contribution in [0.3, 0.4) is 0 Å². The highest BCUT2D eigenvalue weighted by Gasteiger charge is 2.49. The smallest absolute Gasteiger partial charge is 0.379 e. The molecular weight excluding hydrogens is 235 g/mol. The molecule has 1 atom stereocenters. The number of hydrogen-bond donors (Lipinski definition) is 1. The molecule has 0 amide bonds. The monoisotopic (exact) mass is 249 g/mol. The Labute approximate surface area is 86.6 Å². The molecule has 0 rings (SSSR count). The predicted octanol–water partition coefficient (Wildman–Crippen LogP) is 1.02. The van der Waals surface area contributed by atoms with Gasteiger partial charge in [0.2, 0.25) is 10.0 Å². The molecule has 92 valence electrons. The summed E-state index contributed by atoms with van der Waals surface area (Å²) < 4.78 is 63.4. The molecule has 8 heteroatoms. The Bertz CT molecular complexity index is 310. The Morgan fingerprint density at radius 2 is 1.73 bits per heavy atom. The third-order valence-corrected chi connectivity index (χ3v) is 3.22. The van der Waals surface area contributed by atoms with Crippen LogP contribution in [0.2, 0.25) is 0 Å². The zero-order chi connectivity index (χ0) is 12.5. The van der Waals surface area contributed by atoms with E-state index in [9.17, 15) is 21.6 Å². The van der Waals surface area contributed by atoms with Crippen LogP contribution in [-0.2, 0) is 14.8 Å². The van der Waals surface area contributed by atoms with Crippen molar-refractivity contribution in [1.82, 2.24) is 0 Å². The molecule has 0 aromatic carbocycles. The number of sulfonamides is 1. The summed E-state index contributed by atoms with van der Waals surface area (Å²) in [5, 5.41) is 1.93. The SMILES string of the molecule is COC(C)(C)CC(C(F)(F)F)S(N)(=O)=O. The Morgan fingerprint density at radius 1 is 1.33 bits per heavy atom. The summed E-state index contributed by atoms with van der Waals surface area (Å²) in [5.74, 6) is 0. The van der Waals surface area contributed by atoms with E-state index in [0.29, 0.717) is 0 Å². The molecule has 2 N–H and O–H groups in total. The minimum absolute atomic E-state index is 0.730. The highest BCUT2D eigenvalue weighted by atomic mass is 32.2. The molecule has 0 aliphatic carbocycles. The van der Waals surface area contributed by atoms with Gasteiger partial charge in [0.15, 0.2) is 5.25 Å². The number of methoxy groups -OCH3 is 1. The van der Waals surface area contributed by atoms with Crippen LogP contribution in [0, 0.1) is 0 Å². The van der Waals surface area contributed by atoms with Crippen molar-refractivity contribution in [3.05, 3.63) is 0 Å². The van der Waals surface area contributed by atoms with Gasteiger partial charge in [-0.25, -0.2) is 13.6 Å². The van der Waals surface area contributed by atoms with Gasteiger partial charge in [0.05, 0.1) is 5.60 Å². The van der Waals surface area contributed by atoms with Crippen molar-refractivity contribution >= 4 is 10.0 Å². The van der Waals surface area contributed by atoms with Gasteiger partial charge in [0.1, 0.15) is 0 Å². The number of rotatable bonds is 4. The first-order valence-electron chi connectivity index (χ1n) is 4.03. The molecule has 0 bridgehead atoms. The first-order valence-corrected chi connectivity index (χ1v) is 5.64. The summed E-state index contributed by atoms with van der Waals surface area (Å²) in [4.78, 5) is 0. The van der Waals surface area contributed by atoms with Crippen LogP contribution in [0.5, 0.6) is 0 Å². The normalized spacial score (nSPS) is 16.5. The maximum Gasteiger partial charge on any atom is 0.406 e. The Balaban J connectivity index is 5.02. The lowest BCUT2D eigenvalue weighted by atomic mass is 10.0. The van der Waals surface area contributed by atoms with Gasteiger partial charge >= 0.3 is 6.18 Å². The number of ether oxygens (including phenoxy) is 1. The van der Waals surface area contributed by atoms with E-state index >= 15 is 0 Å². The molecule has 0 spiro atoms. The van der Waals surface area contributed by atoms with E-state index in [0.717, 1.165) is 0 Å². The average molecular weight is 249 g/mol. The van der Waals surface area contributed by atoms with E-state index < -0.39 is 33.5 Å². The van der Waals surface area contributed by atoms with Crippen LogP contribution < -0.4 is 5.14 Å². The fraction of sp³-hybridized carbons (Fsp3) is 1.00. The van der Waals surface area contributed by atoms with Gasteiger partial charge in [0, 0.05) is 13.5 Å². The zero-order valence-electron chi connectivity index (χ0n) is 8.63. The lowest BCUT2D eigenvalue weighted by molar-refractivity contribution is -0.142. The molecule has 0 fully saturated rings. The van der Waals surface area contributed by atoms with Crippen molar-refractivity contribution in [2.75, 3.05) is 7.11 Å². The standard InChI is InChI=1S/C7H14F3NO3S/c1-6(2,14-3)4-5(7(8,9)10)15(11,12)13/h5H,4H2,1-3H3,(H2,11,12,13). The second-order valence-corrected chi connectivity index (χ2v) is 5.53. The minimum atomic E-state index is -4.89. The molecule has 0 saturated carbocycles. The Morgan fingerprint density at radius 3 is 1.93 bits per heavy atom. The van der Waals surface area contributed by atoms with Gasteiger partial charge in [-0.05, 0) is 13.8 Å². The summed E-state index contributed by atoms with van der Waals surface area (Å²) in [6, 6.07) is 0. The highest BCUT2D eigenvalue weighted by molar-refractivity contribution is 7.89. The summed E-state index contributed by atoms with van der Waals surface area (Å²) in [6.07, 6.45) is -5.62. The van der Waals surface area contributed by atoms with E-state index in [4.69, 9.17) is 4.74 Å². The topological polar surface area (TPSA) is 69.4 Å². The number of nitrogens with two attached hydrogens (primary N) is 1. The predicted molar refractivity (Wildman–Crippen MR) is 48.7 cm³/mol. The number of hydrogen-bond acceptors (Lipinski definition) is 3. The van der Waals surface area contributed by atoms with Crippen LogP contribution in [-0.4, -0.2) is 32.6 Å². The molecular formula is C7H14F3NO3S. The van der Waals surface area contributed by atoms with Crippen LogP contribution in [0.4, 0.5) is 13.2 Å². The van der Waals surface area contributed by atoms with Crippen molar-refractivity contribution in [3.63, 3.8) is 0 Å². The van der Waals surface area contributed by atoms with Gasteiger partial charge in [-0.15, -0.1) is 0 Å². The Kier molecular flexibility index (Phi) is 4.17. The van der Waals surface area contributed by atoms with Gasteiger partial charge in [-0.3, -0.25) is 0 Å². The number of halogens is 3. The summed E-state index contributed by atoms with van der Waals surface area (Å²) in [7, 11) is -3.47. The van der Waals surface area contributed by atoms with Gasteiger partial charge in [-0.2, -0.15) is 13.2 Å². The van der Waals surface area contributed by atoms with E-state index in [1.807, 2.05) is 0 Å². The highest BCUT2D eigenvalue weighted by Crippen LogP contribution is 2.31. The van der Waals surface area contributed by atoms with E-state index in [-0.39, 0.29) is 0 Å². The van der Waals surface area contributed by atoms with Crippen molar-refractivity contribution in [2.24, 2.45) is 5.14 Å². The fourth-order valence-corrected chi connectivity index (χ4v) is 1.95. The second-order valence-electron chi connectivity index (χ2n) is 3.79. The van der Waals surface area contributed by atoms with Crippen LogP contribution in [0.1, 0.15) is 20.3 Å². The molecule has 0 aromatic heterocycles. The Hall–Kier alpha value is -0.340. The molecule has 0 aliphatic heterocycles. The van der Waals surface area contributed by atoms with Crippen molar-refractivity contribution in [2.45, 2.75) is 37.3 Å². The van der Waals surface area contributed by atoms with E-state index in [1.165, 1.54) is 21.0 Å². The maximum absolute atomic E-state index is 12.4. The first-order chi connectivity index (χ1) is 6.40. The molecule has 0 aromatic rings. The second kappa shape index (κ2) is 4.26. The van der Waals surface area contributed by atoms with E-state index in [2.05, 4.69) is 5.14 Å². The maximum atomic E-state index is 12.4. The molecule has 1 unspecified atom stereocenters. The molecule has 0 aliphatic rings. The van der Waals surface area contributed by atoms with E-state index in [1.54, 1.807) is 0 Å². The van der Waals surface area contributed by atoms with Crippen molar-refractivity contribution < 1.29 is 26.3 Å². The lowest BCUT2D eigenvalue weighted by Gasteiger charge is -2.28. The fourth-order valence-electron chi connectivity index (χ4n) is 0.948. The van der Waals surface area contributed by atoms with Gasteiger partial charge in [0.25, 0.3) is 0 Å². The van der Waals surface area contributed by atoms with Crippen LogP contribution in [0.25, 0.3) is 0 Å². The van der Waals surface area contributed by atoms with Gasteiger partial charge < -0.3 is 4.74 Å². The minimum Gasteiger partial charge on any atom is -0.379 e. The largest absolute Gasteiger partial charge is 0.406 e. The van der Waals surface area contributed by atoms with Crippen LogP contribution >= 0.6 is 0 Å². The third-order valence-electron chi connectivity index (χ3n) is 1.99. The molecule has 4 nitrogen and oxygen atoms in total. The van der Waals surface area contributed by atoms with Crippen molar-refractivity contribution in [3.8, 4) is 0 Å². The average Bonchev–Trinajstić information content (AvgIpc) is 1.96. The summed E-state index contributed by atoms with van der Waals surface area (Å²) in [5.41, 5.74) is -1.20. The lowest BCUT2D eigenvalue weighted by Crippen LogP contribution is -2.45. The first kappa shape index (κ1) is 14.7. The number of primary sulfonamides is 1. The van der Waals surface area contributed by atoms with Crippen molar-refractivity contribution in [1.29, 1.82) is 0 Å². The zero-order valence-corrected chi connectivity index (χ0v) is 9.45. The number of alkyl halides is 3. The summed E-state index contributed by atoms with van der Waals surface area (Å²) >= 11 is 0. The van der Waals surface area contributed by atoms with Crippen LogP contribution in [0.15, 0.2) is 0 Å². The molecule has 15 heavy (non-hydrogen) atoms. The molecule has 0 saturated heterocycles. The molecule has 0 heterocycles.